The zero-order chi connectivity index (χ0) is 17.9. The van der Waals surface area contributed by atoms with Crippen LogP contribution in [0, 0.1) is 5.92 Å². The number of carbonyl (C=O) groups excluding carboxylic acids is 2. The van der Waals surface area contributed by atoms with E-state index in [1.807, 2.05) is 4.90 Å². The van der Waals surface area contributed by atoms with E-state index in [0.29, 0.717) is 6.42 Å². The number of likely N-dealkylation sites (tertiary alicyclic amines) is 1. The second kappa shape index (κ2) is 5.56. The van der Waals surface area contributed by atoms with Gasteiger partial charge in [0.25, 0.3) is 0 Å². The summed E-state index contributed by atoms with van der Waals surface area (Å²) in [5.41, 5.74) is -0.256. The van der Waals surface area contributed by atoms with E-state index in [4.69, 9.17) is 9.16 Å². The molecule has 5 nitrogen and oxygen atoms in total. The lowest BCUT2D eigenvalue weighted by Gasteiger charge is -2.40. The molecule has 0 aromatic heterocycles. The van der Waals surface area contributed by atoms with E-state index in [-0.39, 0.29) is 34.5 Å². The largest absolute Gasteiger partial charge is 0.467 e. The van der Waals surface area contributed by atoms with E-state index >= 15 is 0 Å². The molecule has 2 aliphatic carbocycles. The number of esters is 1. The molecule has 3 rings (SSSR count). The van der Waals surface area contributed by atoms with E-state index < -0.39 is 14.4 Å². The van der Waals surface area contributed by atoms with Gasteiger partial charge in [0.1, 0.15) is 6.04 Å². The lowest BCUT2D eigenvalue weighted by molar-refractivity contribution is -0.153. The van der Waals surface area contributed by atoms with Crippen LogP contribution in [0.25, 0.3) is 0 Å². The molecule has 0 radical (unpaired) electrons. The highest BCUT2D eigenvalue weighted by molar-refractivity contribution is 6.74. The molecule has 2 saturated carbocycles. The van der Waals surface area contributed by atoms with Gasteiger partial charge in [-0.15, -0.1) is 0 Å². The number of hydrogen-bond acceptors (Lipinski definition) is 4. The minimum atomic E-state index is -1.96. The molecule has 1 saturated heterocycles. The van der Waals surface area contributed by atoms with Gasteiger partial charge in [0.2, 0.25) is 5.91 Å². The Morgan fingerprint density at radius 2 is 1.75 bits per heavy atom. The van der Waals surface area contributed by atoms with Gasteiger partial charge in [0.05, 0.1) is 18.8 Å². The van der Waals surface area contributed by atoms with Crippen molar-refractivity contribution in [2.24, 2.45) is 5.92 Å². The van der Waals surface area contributed by atoms with Crippen molar-refractivity contribution in [3.63, 3.8) is 0 Å². The average molecular weight is 354 g/mol. The minimum Gasteiger partial charge on any atom is -0.467 e. The van der Waals surface area contributed by atoms with Gasteiger partial charge in [0.15, 0.2) is 8.32 Å². The molecule has 0 aromatic rings. The van der Waals surface area contributed by atoms with Gasteiger partial charge in [-0.25, -0.2) is 4.79 Å². The number of nitrogens with zero attached hydrogens (tertiary/aromatic N) is 1. The van der Waals surface area contributed by atoms with E-state index in [1.165, 1.54) is 7.11 Å². The first kappa shape index (κ1) is 17.9. The summed E-state index contributed by atoms with van der Waals surface area (Å²) in [5.74, 6) is -0.0397. The number of rotatable bonds is 4. The van der Waals surface area contributed by atoms with E-state index in [1.54, 1.807) is 0 Å². The molecule has 3 fully saturated rings. The van der Waals surface area contributed by atoms with E-state index in [0.717, 1.165) is 25.7 Å². The molecule has 6 heteroatoms. The molecule has 0 N–H and O–H groups in total. The molecular weight excluding hydrogens is 322 g/mol. The quantitative estimate of drug-likeness (QED) is 0.576. The lowest BCUT2D eigenvalue weighted by Crippen LogP contribution is -2.51. The third-order valence-corrected chi connectivity index (χ3v) is 11.0. The van der Waals surface area contributed by atoms with Crippen LogP contribution >= 0.6 is 0 Å². The molecule has 1 amide bonds. The van der Waals surface area contributed by atoms with Crippen molar-refractivity contribution in [1.82, 2.24) is 4.90 Å². The van der Waals surface area contributed by atoms with Crippen molar-refractivity contribution in [3.8, 4) is 0 Å². The molecule has 3 aliphatic rings. The first-order valence-corrected chi connectivity index (χ1v) is 12.0. The Morgan fingerprint density at radius 1 is 1.17 bits per heavy atom. The monoisotopic (exact) mass is 353 g/mol. The minimum absolute atomic E-state index is 0.0369. The summed E-state index contributed by atoms with van der Waals surface area (Å²) in [7, 11) is -0.553. The molecule has 2 atom stereocenters. The Balaban J connectivity index is 1.87. The van der Waals surface area contributed by atoms with E-state index in [2.05, 4.69) is 33.9 Å². The Morgan fingerprint density at radius 3 is 2.17 bits per heavy atom. The first-order valence-electron chi connectivity index (χ1n) is 9.12. The van der Waals surface area contributed by atoms with Gasteiger partial charge in [0, 0.05) is 12.3 Å². The van der Waals surface area contributed by atoms with Crippen LogP contribution in [0.3, 0.4) is 0 Å². The molecule has 0 aromatic carbocycles. The normalized spacial score (nSPS) is 29.0. The Hall–Kier alpha value is -0.883. The Bertz CT molecular complexity index is 546. The maximum atomic E-state index is 12.9. The summed E-state index contributed by atoms with van der Waals surface area (Å²) in [4.78, 5) is 27.1. The smallest absolute Gasteiger partial charge is 0.328 e. The van der Waals surface area contributed by atoms with Crippen molar-refractivity contribution >= 4 is 20.2 Å². The summed E-state index contributed by atoms with van der Waals surface area (Å²) < 4.78 is 11.7. The Kier molecular flexibility index (Phi) is 4.15. The van der Waals surface area contributed by atoms with Crippen LogP contribution < -0.4 is 0 Å². The molecule has 136 valence electrons. The predicted molar refractivity (Wildman–Crippen MR) is 94.0 cm³/mol. The molecule has 1 aliphatic heterocycles. The van der Waals surface area contributed by atoms with Gasteiger partial charge in [-0.3, -0.25) is 4.79 Å². The zero-order valence-corrected chi connectivity index (χ0v) is 16.8. The van der Waals surface area contributed by atoms with Crippen LogP contribution in [0.5, 0.6) is 0 Å². The van der Waals surface area contributed by atoms with Gasteiger partial charge in [-0.05, 0) is 43.8 Å². The first-order chi connectivity index (χ1) is 11.0. The number of carbonyl (C=O) groups is 2. The second-order valence-electron chi connectivity index (χ2n) is 9.23. The zero-order valence-electron chi connectivity index (χ0n) is 15.8. The second-order valence-corrected chi connectivity index (χ2v) is 14.0. The van der Waals surface area contributed by atoms with Crippen LogP contribution in [0.1, 0.15) is 52.9 Å². The number of amides is 1. The van der Waals surface area contributed by atoms with Gasteiger partial charge >= 0.3 is 5.97 Å². The van der Waals surface area contributed by atoms with Crippen LogP contribution in [-0.4, -0.2) is 49.9 Å². The van der Waals surface area contributed by atoms with Crippen LogP contribution in [0.15, 0.2) is 0 Å². The molecule has 0 unspecified atom stereocenters. The molecular formula is C18H31NO4Si. The fourth-order valence-electron chi connectivity index (χ4n) is 3.61. The highest BCUT2D eigenvalue weighted by Crippen LogP contribution is 2.56. The summed E-state index contributed by atoms with van der Waals surface area (Å²) in [6.07, 6.45) is 4.33. The summed E-state index contributed by atoms with van der Waals surface area (Å²) in [6.45, 7) is 11.1. The topological polar surface area (TPSA) is 55.8 Å². The van der Waals surface area contributed by atoms with Crippen LogP contribution in [-0.2, 0) is 18.8 Å². The molecule has 1 heterocycles. The molecule has 24 heavy (non-hydrogen) atoms. The van der Waals surface area contributed by atoms with Crippen molar-refractivity contribution < 1.29 is 18.8 Å². The van der Waals surface area contributed by atoms with Crippen molar-refractivity contribution in [3.05, 3.63) is 0 Å². The van der Waals surface area contributed by atoms with Crippen molar-refractivity contribution in [2.45, 2.75) is 88.7 Å². The van der Waals surface area contributed by atoms with Crippen LogP contribution in [0.4, 0.5) is 0 Å². The number of hydrogen-bond donors (Lipinski definition) is 0. The highest BCUT2D eigenvalue weighted by Gasteiger charge is 2.66. The molecule has 0 bridgehead atoms. The predicted octanol–water partition coefficient (Wildman–Crippen LogP) is 3.09. The summed E-state index contributed by atoms with van der Waals surface area (Å²) >= 11 is 0. The SMILES string of the molecule is COC(=O)[C@H]1C[C@H](O[Si](C)(C)C(C)(C)C)C2(CC2)N1C(=O)C1CC1. The standard InChI is InChI=1S/C18H31NO4Si/c1-17(2,3)24(5,6)23-14-11-13(16(21)22-4)19(18(14)9-10-18)15(20)12-7-8-12/h12-14H,7-11H2,1-6H3/t13-,14+/m1/s1. The number of methoxy groups -OCH3 is 1. The Labute approximate surface area is 146 Å². The maximum Gasteiger partial charge on any atom is 0.328 e. The fraction of sp³-hybridized carbons (Fsp3) is 0.889. The van der Waals surface area contributed by atoms with E-state index in [9.17, 15) is 9.59 Å². The third-order valence-electron chi connectivity index (χ3n) is 6.47. The van der Waals surface area contributed by atoms with Crippen LogP contribution in [0.2, 0.25) is 18.1 Å². The lowest BCUT2D eigenvalue weighted by atomic mass is 10.1. The number of ether oxygens (including phenoxy) is 1. The average Bonchev–Trinajstić information content (AvgIpc) is 3.34. The van der Waals surface area contributed by atoms with Gasteiger partial charge in [-0.1, -0.05) is 20.8 Å². The fourth-order valence-corrected chi connectivity index (χ4v) is 4.99. The summed E-state index contributed by atoms with van der Waals surface area (Å²) in [6, 6.07) is -0.472. The third kappa shape index (κ3) is 2.81. The highest BCUT2D eigenvalue weighted by atomic mass is 28.4. The van der Waals surface area contributed by atoms with Gasteiger partial charge < -0.3 is 14.1 Å². The molecule has 1 spiro atoms. The van der Waals surface area contributed by atoms with Crippen molar-refractivity contribution in [1.29, 1.82) is 0 Å². The maximum absolute atomic E-state index is 12.9. The van der Waals surface area contributed by atoms with Crippen molar-refractivity contribution in [2.75, 3.05) is 7.11 Å². The summed E-state index contributed by atoms with van der Waals surface area (Å²) in [5, 5.41) is 0.109. The van der Waals surface area contributed by atoms with Gasteiger partial charge in [-0.2, -0.15) is 0 Å².